The number of anilines is 2. The maximum Gasteiger partial charge on any atom is 0.228 e. The summed E-state index contributed by atoms with van der Waals surface area (Å²) in [4.78, 5) is 25.9. The van der Waals surface area contributed by atoms with Crippen molar-refractivity contribution in [3.63, 3.8) is 0 Å². The lowest BCUT2D eigenvalue weighted by molar-refractivity contribution is -0.125. The van der Waals surface area contributed by atoms with Gasteiger partial charge in [-0.1, -0.05) is 6.08 Å². The Morgan fingerprint density at radius 3 is 2.74 bits per heavy atom. The van der Waals surface area contributed by atoms with Crippen LogP contribution in [0.15, 0.2) is 24.8 Å². The Balaban J connectivity index is 1.50. The van der Waals surface area contributed by atoms with E-state index in [9.17, 15) is 9.59 Å². The van der Waals surface area contributed by atoms with E-state index in [-0.39, 0.29) is 18.1 Å². The van der Waals surface area contributed by atoms with E-state index in [0.717, 1.165) is 18.6 Å². The maximum absolute atomic E-state index is 15.1. The summed E-state index contributed by atoms with van der Waals surface area (Å²) in [5.41, 5.74) is 1.80. The van der Waals surface area contributed by atoms with Crippen LogP contribution in [0, 0.1) is 17.2 Å². The first-order valence-electron chi connectivity index (χ1n) is 10.8. The summed E-state index contributed by atoms with van der Waals surface area (Å²) in [7, 11) is 3.65. The van der Waals surface area contributed by atoms with Gasteiger partial charge in [-0.15, -0.1) is 6.58 Å². The lowest BCUT2D eigenvalue weighted by atomic mass is 9.66. The van der Waals surface area contributed by atoms with Gasteiger partial charge in [0.25, 0.3) is 0 Å². The van der Waals surface area contributed by atoms with Gasteiger partial charge in [-0.05, 0) is 43.7 Å². The monoisotopic (exact) mass is 427 g/mol. The Kier molecular flexibility index (Phi) is 5.73. The molecule has 2 fully saturated rings. The van der Waals surface area contributed by atoms with Crippen molar-refractivity contribution in [3.8, 4) is 0 Å². The van der Waals surface area contributed by atoms with Crippen LogP contribution in [0.25, 0.3) is 10.9 Å². The zero-order valence-corrected chi connectivity index (χ0v) is 18.2. The highest BCUT2D eigenvalue weighted by Crippen LogP contribution is 2.48. The van der Waals surface area contributed by atoms with E-state index >= 15 is 4.39 Å². The fraction of sp³-hybridized carbons (Fsp3) is 0.522. The molecular weight excluding hydrogens is 397 g/mol. The SMILES string of the molecule is C=CC1CCC2(CC1)CN(c1cc3c(cc1F)c(N(C)CCC(=O)NC=O)nn3C)C2. The number of aryl methyl sites for hydroxylation is 1. The number of allylic oxidation sites excluding steroid dienone is 1. The van der Waals surface area contributed by atoms with Gasteiger partial charge in [0.2, 0.25) is 12.3 Å². The van der Waals surface area contributed by atoms with Crippen LogP contribution in [0.1, 0.15) is 32.1 Å². The molecule has 8 heteroatoms. The number of imide groups is 1. The first-order valence-corrected chi connectivity index (χ1v) is 10.8. The normalized spacial score (nSPS) is 18.1. The van der Waals surface area contributed by atoms with Crippen molar-refractivity contribution in [2.45, 2.75) is 32.1 Å². The van der Waals surface area contributed by atoms with Gasteiger partial charge < -0.3 is 9.80 Å². The summed E-state index contributed by atoms with van der Waals surface area (Å²) in [6.45, 7) is 6.09. The molecule has 1 saturated heterocycles. The Morgan fingerprint density at radius 1 is 1.39 bits per heavy atom. The van der Waals surface area contributed by atoms with Crippen molar-refractivity contribution >= 4 is 34.7 Å². The minimum Gasteiger partial charge on any atom is -0.368 e. The average molecular weight is 428 g/mol. The molecule has 4 rings (SSSR count). The van der Waals surface area contributed by atoms with Gasteiger partial charge in [-0.3, -0.25) is 19.6 Å². The van der Waals surface area contributed by atoms with Crippen LogP contribution in [0.3, 0.4) is 0 Å². The van der Waals surface area contributed by atoms with Gasteiger partial charge in [0, 0.05) is 51.0 Å². The van der Waals surface area contributed by atoms with E-state index in [1.807, 2.05) is 18.0 Å². The van der Waals surface area contributed by atoms with Crippen LogP contribution < -0.4 is 15.1 Å². The number of halogens is 1. The second-order valence-electron chi connectivity index (χ2n) is 9.05. The Labute approximate surface area is 181 Å². The van der Waals surface area contributed by atoms with Crippen molar-refractivity contribution in [2.75, 3.05) is 36.5 Å². The summed E-state index contributed by atoms with van der Waals surface area (Å²) < 4.78 is 16.9. The third-order valence-corrected chi connectivity index (χ3v) is 6.97. The third-order valence-electron chi connectivity index (χ3n) is 6.97. The Morgan fingerprint density at radius 2 is 2.10 bits per heavy atom. The first kappa shape index (κ1) is 21.3. The van der Waals surface area contributed by atoms with Crippen LogP contribution in [0.2, 0.25) is 0 Å². The number of benzene rings is 1. The number of carbonyl (C=O) groups is 2. The summed E-state index contributed by atoms with van der Waals surface area (Å²) in [5, 5.41) is 7.38. The average Bonchev–Trinajstić information content (AvgIpc) is 3.05. The van der Waals surface area contributed by atoms with E-state index in [1.165, 1.54) is 25.7 Å². The fourth-order valence-electron chi connectivity index (χ4n) is 5.02. The zero-order valence-electron chi connectivity index (χ0n) is 18.2. The second kappa shape index (κ2) is 8.32. The van der Waals surface area contributed by atoms with E-state index in [1.54, 1.807) is 17.8 Å². The van der Waals surface area contributed by atoms with E-state index < -0.39 is 0 Å². The lowest BCUT2D eigenvalue weighted by Crippen LogP contribution is -2.58. The molecule has 1 aromatic carbocycles. The molecule has 0 bridgehead atoms. The maximum atomic E-state index is 15.1. The molecule has 2 aliphatic rings. The smallest absolute Gasteiger partial charge is 0.228 e. The molecular formula is C23H30FN5O2. The number of carbonyl (C=O) groups excluding carboxylic acids is 2. The molecule has 1 aliphatic heterocycles. The first-order chi connectivity index (χ1) is 14.9. The van der Waals surface area contributed by atoms with Gasteiger partial charge >= 0.3 is 0 Å². The minimum absolute atomic E-state index is 0.149. The summed E-state index contributed by atoms with van der Waals surface area (Å²) in [6, 6.07) is 3.44. The topological polar surface area (TPSA) is 70.5 Å². The van der Waals surface area contributed by atoms with Crippen molar-refractivity contribution in [2.24, 2.45) is 18.4 Å². The van der Waals surface area contributed by atoms with Gasteiger partial charge in [0.15, 0.2) is 5.82 Å². The van der Waals surface area contributed by atoms with Crippen LogP contribution >= 0.6 is 0 Å². The molecule has 0 atom stereocenters. The van der Waals surface area contributed by atoms with E-state index in [4.69, 9.17) is 0 Å². The molecule has 31 heavy (non-hydrogen) atoms. The number of nitrogens with one attached hydrogen (secondary N) is 1. The number of amides is 2. The second-order valence-corrected chi connectivity index (χ2v) is 9.05. The zero-order chi connectivity index (χ0) is 22.2. The third kappa shape index (κ3) is 4.03. The fourth-order valence-corrected chi connectivity index (χ4v) is 5.02. The molecule has 166 valence electrons. The van der Waals surface area contributed by atoms with Crippen molar-refractivity contribution < 1.29 is 14.0 Å². The molecule has 2 aromatic rings. The number of rotatable bonds is 7. The number of hydrogen-bond donors (Lipinski definition) is 1. The van der Waals surface area contributed by atoms with Crippen molar-refractivity contribution in [3.05, 3.63) is 30.6 Å². The minimum atomic E-state index is -0.357. The molecule has 0 radical (unpaired) electrons. The molecule has 2 heterocycles. The Bertz CT molecular complexity index is 1000. The summed E-state index contributed by atoms with van der Waals surface area (Å²) in [6.07, 6.45) is 7.33. The molecule has 1 N–H and O–H groups in total. The number of nitrogens with zero attached hydrogens (tertiary/aromatic N) is 4. The molecule has 1 aromatic heterocycles. The van der Waals surface area contributed by atoms with Gasteiger partial charge in [-0.2, -0.15) is 5.10 Å². The molecule has 1 spiro atoms. The van der Waals surface area contributed by atoms with Gasteiger partial charge in [0.05, 0.1) is 11.2 Å². The predicted octanol–water partition coefficient (Wildman–Crippen LogP) is 2.99. The lowest BCUT2D eigenvalue weighted by Gasteiger charge is -2.54. The van der Waals surface area contributed by atoms with Crippen molar-refractivity contribution in [1.29, 1.82) is 0 Å². The largest absolute Gasteiger partial charge is 0.368 e. The molecule has 1 saturated carbocycles. The number of fused-ring (bicyclic) bond motifs is 1. The van der Waals surface area contributed by atoms with Gasteiger partial charge in [-0.25, -0.2) is 4.39 Å². The molecule has 2 amide bonds. The van der Waals surface area contributed by atoms with Crippen LogP contribution in [0.4, 0.5) is 15.9 Å². The highest BCUT2D eigenvalue weighted by atomic mass is 19.1. The van der Waals surface area contributed by atoms with Crippen LogP contribution in [0.5, 0.6) is 0 Å². The summed E-state index contributed by atoms with van der Waals surface area (Å²) in [5.74, 6) is 0.639. The predicted molar refractivity (Wildman–Crippen MR) is 120 cm³/mol. The molecule has 7 nitrogen and oxygen atoms in total. The van der Waals surface area contributed by atoms with Crippen LogP contribution in [-0.4, -0.2) is 48.8 Å². The van der Waals surface area contributed by atoms with Gasteiger partial charge in [0.1, 0.15) is 5.82 Å². The molecule has 0 unspecified atom stereocenters. The standard InChI is InChI=1S/C23H30FN5O2/c1-4-16-5-8-23(9-6-16)13-29(14-23)20-12-19-17(11-18(20)24)22(26-28(19)3)27(2)10-7-21(31)25-15-30/h4,11-12,15-16H,1,5-10,13-14H2,2-3H3,(H,25,30,31). The summed E-state index contributed by atoms with van der Waals surface area (Å²) >= 11 is 0. The van der Waals surface area contributed by atoms with Crippen molar-refractivity contribution in [1.82, 2.24) is 15.1 Å². The Hall–Kier alpha value is -2.90. The van der Waals surface area contributed by atoms with Crippen LogP contribution in [-0.2, 0) is 16.6 Å². The quantitative estimate of drug-likeness (QED) is 0.543. The number of aromatic nitrogens is 2. The van der Waals surface area contributed by atoms with E-state index in [2.05, 4.69) is 28.0 Å². The van der Waals surface area contributed by atoms with E-state index in [0.29, 0.717) is 41.2 Å². The highest BCUT2D eigenvalue weighted by molar-refractivity contribution is 5.93. The molecule has 1 aliphatic carbocycles. The highest BCUT2D eigenvalue weighted by Gasteiger charge is 2.45. The number of hydrogen-bond acceptors (Lipinski definition) is 5.